The van der Waals surface area contributed by atoms with Crippen LogP contribution < -0.4 is 44.7 Å². The molecule has 13 heteroatoms. The van der Waals surface area contributed by atoms with E-state index in [2.05, 4.69) is 15.5 Å². The van der Waals surface area contributed by atoms with Gasteiger partial charge < -0.3 is 15.2 Å². The summed E-state index contributed by atoms with van der Waals surface area (Å²) in [5.74, 6) is -0.910. The van der Waals surface area contributed by atoms with Gasteiger partial charge in [-0.1, -0.05) is 60.1 Å². The van der Waals surface area contributed by atoms with Gasteiger partial charge in [0.2, 0.25) is 0 Å². The van der Waals surface area contributed by atoms with Crippen LogP contribution in [0.15, 0.2) is 75.8 Å². The van der Waals surface area contributed by atoms with Gasteiger partial charge in [-0.3, -0.25) is 9.35 Å². The van der Waals surface area contributed by atoms with Crippen LogP contribution in [-0.2, 0) is 16.5 Å². The van der Waals surface area contributed by atoms with Gasteiger partial charge >= 0.3 is 29.6 Å². The van der Waals surface area contributed by atoms with E-state index in [1.807, 2.05) is 0 Å². The van der Waals surface area contributed by atoms with E-state index in [4.69, 9.17) is 27.9 Å². The van der Waals surface area contributed by atoms with Gasteiger partial charge in [0, 0.05) is 22.6 Å². The number of methoxy groups -OCH3 is 1. The standard InChI is InChI=1S/C26H21Cl2N3O6S.Na/c1-3-16-21(11-9-19(27)25(16)38(34,35)36)30-31-23-17-7-5-4-6-14(17)12-18(24(23)32)26(33)29-22-10-8-15(37-2)13-20(22)28;/h4-13,32H,3H2,1-2H3,(H,29,33)(H,34,35,36);/q;+1/p-1. The third-order valence-corrected chi connectivity index (χ3v) is 7.42. The van der Waals surface area contributed by atoms with Gasteiger partial charge in [0.15, 0.2) is 0 Å². The molecule has 4 aromatic carbocycles. The van der Waals surface area contributed by atoms with E-state index in [1.165, 1.54) is 31.4 Å². The van der Waals surface area contributed by atoms with Gasteiger partial charge in [0.1, 0.15) is 10.6 Å². The van der Waals surface area contributed by atoms with Crippen molar-refractivity contribution in [3.63, 3.8) is 0 Å². The molecule has 0 heterocycles. The molecular weight excluding hydrogens is 576 g/mol. The molecule has 4 aromatic rings. The Morgan fingerprint density at radius 2 is 1.77 bits per heavy atom. The van der Waals surface area contributed by atoms with Gasteiger partial charge in [0.25, 0.3) is 16.0 Å². The molecule has 0 bridgehead atoms. The number of carbonyl (C=O) groups is 1. The maximum Gasteiger partial charge on any atom is 1.00 e. The second kappa shape index (κ2) is 12.6. The van der Waals surface area contributed by atoms with E-state index in [0.29, 0.717) is 16.5 Å². The number of amides is 1. The number of rotatable bonds is 7. The number of fused-ring (bicyclic) bond motifs is 1. The molecule has 0 saturated heterocycles. The van der Waals surface area contributed by atoms with Crippen molar-refractivity contribution >= 4 is 67.1 Å². The Hall–Kier alpha value is -2.70. The Morgan fingerprint density at radius 3 is 2.41 bits per heavy atom. The number of nitrogens with zero attached hydrogens (tertiary/aromatic N) is 2. The molecule has 0 aromatic heterocycles. The van der Waals surface area contributed by atoms with Gasteiger partial charge in [-0.05, 0) is 42.1 Å². The summed E-state index contributed by atoms with van der Waals surface area (Å²) in [4.78, 5) is 12.6. The smallest absolute Gasteiger partial charge is 0.870 e. The van der Waals surface area contributed by atoms with Crippen LogP contribution in [0.3, 0.4) is 0 Å². The molecule has 0 fully saturated rings. The average Bonchev–Trinajstić information content (AvgIpc) is 2.88. The van der Waals surface area contributed by atoms with Crippen LogP contribution in [0, 0.1) is 0 Å². The summed E-state index contributed by atoms with van der Waals surface area (Å²) >= 11 is 12.2. The number of carbonyl (C=O) groups excluding carboxylic acids is 1. The van der Waals surface area contributed by atoms with E-state index in [1.54, 1.807) is 43.3 Å². The molecule has 1 amide bonds. The van der Waals surface area contributed by atoms with Gasteiger partial charge in [-0.15, -0.1) is 0 Å². The number of ether oxygens (including phenoxy) is 1. The van der Waals surface area contributed by atoms with Crippen LogP contribution in [0.25, 0.3) is 10.8 Å². The second-order valence-corrected chi connectivity index (χ2v) is 10.2. The summed E-state index contributed by atoms with van der Waals surface area (Å²) < 4.78 is 38.6. The normalized spacial score (nSPS) is 11.4. The van der Waals surface area contributed by atoms with Crippen LogP contribution in [0.2, 0.25) is 10.0 Å². The van der Waals surface area contributed by atoms with E-state index >= 15 is 0 Å². The average molecular weight is 596 g/mol. The van der Waals surface area contributed by atoms with Crippen LogP contribution in [0.1, 0.15) is 22.8 Å². The molecule has 9 nitrogen and oxygen atoms in total. The molecule has 0 saturated carbocycles. The fraction of sp³-hybridized carbons (Fsp3) is 0.115. The van der Waals surface area contributed by atoms with Gasteiger partial charge in [-0.2, -0.15) is 18.6 Å². The molecular formula is C26H20Cl2N3NaO6S. The first-order valence-corrected chi connectivity index (χ1v) is 13.3. The molecule has 0 aliphatic heterocycles. The van der Waals surface area contributed by atoms with E-state index < -0.39 is 26.7 Å². The molecule has 2 N–H and O–H groups in total. The van der Waals surface area contributed by atoms with Crippen molar-refractivity contribution in [2.24, 2.45) is 10.2 Å². The van der Waals surface area contributed by atoms with Crippen molar-refractivity contribution < 1.29 is 57.2 Å². The number of nitrogens with one attached hydrogen (secondary N) is 1. The molecule has 39 heavy (non-hydrogen) atoms. The third-order valence-electron chi connectivity index (χ3n) is 5.70. The summed E-state index contributed by atoms with van der Waals surface area (Å²) in [6.07, 6.45) is 0.153. The van der Waals surface area contributed by atoms with E-state index in [9.17, 15) is 22.9 Å². The van der Waals surface area contributed by atoms with Crippen molar-refractivity contribution in [1.29, 1.82) is 0 Å². The predicted molar refractivity (Wildman–Crippen MR) is 144 cm³/mol. The first kappa shape index (κ1) is 30.8. The molecule has 4 rings (SSSR count). The Balaban J connectivity index is 0.00000420. The van der Waals surface area contributed by atoms with Crippen LogP contribution in [0.4, 0.5) is 17.1 Å². The number of azo groups is 1. The molecule has 0 unspecified atom stereocenters. The summed E-state index contributed by atoms with van der Waals surface area (Å²) in [7, 11) is -3.17. The minimum absolute atomic E-state index is 0. The number of benzene rings is 4. The van der Waals surface area contributed by atoms with E-state index in [-0.39, 0.29) is 74.2 Å². The zero-order chi connectivity index (χ0) is 27.6. The quantitative estimate of drug-likeness (QED) is 0.189. The van der Waals surface area contributed by atoms with E-state index in [0.717, 1.165) is 0 Å². The van der Waals surface area contributed by atoms with Crippen molar-refractivity contribution in [3.05, 3.63) is 81.8 Å². The fourth-order valence-corrected chi connectivity index (χ4v) is 5.46. The molecule has 0 aliphatic carbocycles. The Morgan fingerprint density at radius 1 is 1.05 bits per heavy atom. The number of anilines is 1. The zero-order valence-electron chi connectivity index (χ0n) is 21.0. The third kappa shape index (κ3) is 6.55. The van der Waals surface area contributed by atoms with Crippen LogP contribution in [-0.4, -0.2) is 26.0 Å². The Kier molecular flexibility index (Phi) is 10.0. The van der Waals surface area contributed by atoms with Crippen molar-refractivity contribution in [3.8, 4) is 11.5 Å². The minimum Gasteiger partial charge on any atom is -0.870 e. The molecule has 0 spiro atoms. The van der Waals surface area contributed by atoms with Gasteiger partial charge in [-0.25, -0.2) is 0 Å². The maximum absolute atomic E-state index is 13.4. The monoisotopic (exact) mass is 595 g/mol. The number of hydrogen-bond donors (Lipinski definition) is 2. The Bertz CT molecular complexity index is 1710. The summed E-state index contributed by atoms with van der Waals surface area (Å²) in [5.41, 5.74) is 0.172. The summed E-state index contributed by atoms with van der Waals surface area (Å²) in [6, 6.07) is 15.6. The second-order valence-electron chi connectivity index (χ2n) is 8.03. The minimum atomic E-state index is -4.65. The molecule has 0 aliphatic rings. The first-order chi connectivity index (χ1) is 18.0. The molecule has 196 valence electrons. The fourth-order valence-electron chi connectivity index (χ4n) is 3.90. The maximum atomic E-state index is 13.4. The van der Waals surface area contributed by atoms with Crippen LogP contribution in [0.5, 0.6) is 11.5 Å². The van der Waals surface area contributed by atoms with Crippen molar-refractivity contribution in [2.45, 2.75) is 18.2 Å². The van der Waals surface area contributed by atoms with Crippen LogP contribution >= 0.6 is 23.2 Å². The predicted octanol–water partition coefficient (Wildman–Crippen LogP) is 3.71. The van der Waals surface area contributed by atoms with Crippen molar-refractivity contribution in [2.75, 3.05) is 12.4 Å². The molecule has 0 atom stereocenters. The molecule has 0 radical (unpaired) electrons. The van der Waals surface area contributed by atoms with Crippen molar-refractivity contribution in [1.82, 2.24) is 0 Å². The SMILES string of the molecule is CCc1c(N=Nc2c([O-])c(C(=O)Nc3ccc(OC)cc3Cl)cc3ccccc23)ccc(Cl)c1S(=O)(=O)O.[Na+]. The number of halogens is 2. The zero-order valence-corrected chi connectivity index (χ0v) is 25.4. The Labute approximate surface area is 256 Å². The summed E-state index contributed by atoms with van der Waals surface area (Å²) in [5, 5.41) is 25.3. The van der Waals surface area contributed by atoms with Gasteiger partial charge in [0.05, 0.1) is 34.2 Å². The number of hydrogen-bond acceptors (Lipinski definition) is 7. The first-order valence-electron chi connectivity index (χ1n) is 11.1. The summed E-state index contributed by atoms with van der Waals surface area (Å²) in [6.45, 7) is 1.66. The largest absolute Gasteiger partial charge is 1.00 e. The topological polar surface area (TPSA) is 140 Å².